The molecular weight excluding hydrogens is 677 g/mol. The van der Waals surface area contributed by atoms with Crippen LogP contribution in [0.3, 0.4) is 0 Å². The van der Waals surface area contributed by atoms with E-state index < -0.39 is 0 Å². The molecule has 0 bridgehead atoms. The molecule has 0 radical (unpaired) electrons. The van der Waals surface area contributed by atoms with Gasteiger partial charge in [-0.2, -0.15) is 0 Å². The van der Waals surface area contributed by atoms with Crippen molar-refractivity contribution >= 4 is 27.5 Å². The second kappa shape index (κ2) is 9.60. The minimum absolute atomic E-state index is 0.0375. The summed E-state index contributed by atoms with van der Waals surface area (Å²) in [5.74, 6) is 0.512. The molecule has 1 aromatic heterocycles. The van der Waals surface area contributed by atoms with Gasteiger partial charge in [0.15, 0.2) is 0 Å². The lowest BCUT2D eigenvalue weighted by Gasteiger charge is -2.51. The molecule has 56 heavy (non-hydrogen) atoms. The van der Waals surface area contributed by atoms with Crippen molar-refractivity contribution in [3.63, 3.8) is 0 Å². The molecule has 0 saturated carbocycles. The molecule has 0 N–H and O–H groups in total. The zero-order valence-electron chi connectivity index (χ0n) is 33.9. The first-order chi connectivity index (χ1) is 26.8. The van der Waals surface area contributed by atoms with Crippen molar-refractivity contribution < 1.29 is 0 Å². The van der Waals surface area contributed by atoms with Crippen LogP contribution in [0.5, 0.6) is 0 Å². The fraction of sp³-hybridized carbons (Fsp3) is 0.296. The van der Waals surface area contributed by atoms with Gasteiger partial charge in [-0.3, -0.25) is 0 Å². The molecule has 13 rings (SSSR count). The van der Waals surface area contributed by atoms with Crippen LogP contribution in [0, 0.1) is 5.92 Å². The lowest BCUT2D eigenvalue weighted by atomic mass is 9.63. The van der Waals surface area contributed by atoms with Gasteiger partial charge in [0, 0.05) is 49.7 Å². The van der Waals surface area contributed by atoms with Crippen molar-refractivity contribution in [3.05, 3.63) is 165 Å². The summed E-state index contributed by atoms with van der Waals surface area (Å²) < 4.78 is 2.65. The Morgan fingerprint density at radius 3 is 1.80 bits per heavy atom. The maximum absolute atomic E-state index is 2.76. The summed E-state index contributed by atoms with van der Waals surface area (Å²) >= 11 is 0. The van der Waals surface area contributed by atoms with Crippen LogP contribution in [0.1, 0.15) is 108 Å². The maximum Gasteiger partial charge on any atom is 0.0582 e. The van der Waals surface area contributed by atoms with E-state index in [9.17, 15) is 0 Å². The fourth-order valence-electron chi connectivity index (χ4n) is 13.2. The Kier molecular flexibility index (Phi) is 5.46. The quantitative estimate of drug-likeness (QED) is 0.173. The van der Waals surface area contributed by atoms with Gasteiger partial charge >= 0.3 is 0 Å². The highest BCUT2D eigenvalue weighted by Crippen LogP contribution is 2.66. The van der Waals surface area contributed by atoms with Crippen molar-refractivity contribution in [1.82, 2.24) is 4.57 Å². The predicted molar refractivity (Wildman–Crippen MR) is 233 cm³/mol. The van der Waals surface area contributed by atoms with Crippen molar-refractivity contribution in [3.8, 4) is 27.9 Å². The van der Waals surface area contributed by atoms with E-state index in [0.717, 1.165) is 12.8 Å². The van der Waals surface area contributed by atoms with Gasteiger partial charge in [-0.15, -0.1) is 0 Å². The van der Waals surface area contributed by atoms with Gasteiger partial charge < -0.3 is 9.47 Å². The van der Waals surface area contributed by atoms with Gasteiger partial charge in [0.25, 0.3) is 0 Å². The Morgan fingerprint density at radius 1 is 0.571 bits per heavy atom. The van der Waals surface area contributed by atoms with E-state index >= 15 is 0 Å². The number of hydrogen-bond donors (Lipinski definition) is 0. The highest BCUT2D eigenvalue weighted by atomic mass is 15.2. The molecule has 6 aromatic rings. The Labute approximate surface area is 330 Å². The third-order valence-electron chi connectivity index (χ3n) is 15.9. The maximum atomic E-state index is 2.76. The highest BCUT2D eigenvalue weighted by Gasteiger charge is 2.55. The first kappa shape index (κ1) is 31.8. The van der Waals surface area contributed by atoms with Crippen LogP contribution in [0.15, 0.2) is 131 Å². The number of rotatable bonds is 2. The van der Waals surface area contributed by atoms with Gasteiger partial charge in [0.05, 0.1) is 22.4 Å². The van der Waals surface area contributed by atoms with Crippen LogP contribution < -0.4 is 4.90 Å². The lowest BCUT2D eigenvalue weighted by Crippen LogP contribution is -2.43. The Hall–Kier alpha value is -5.34. The van der Waals surface area contributed by atoms with E-state index in [1.54, 1.807) is 16.8 Å². The number of fused-ring (bicyclic) bond motifs is 2. The summed E-state index contributed by atoms with van der Waals surface area (Å²) in [6, 6.07) is 33.5. The summed E-state index contributed by atoms with van der Waals surface area (Å²) in [6.07, 6.45) is 11.0. The first-order valence-corrected chi connectivity index (χ1v) is 21.0. The third-order valence-corrected chi connectivity index (χ3v) is 15.9. The van der Waals surface area contributed by atoms with Crippen LogP contribution >= 0.6 is 0 Å². The van der Waals surface area contributed by atoms with Crippen molar-refractivity contribution in [2.75, 3.05) is 4.90 Å². The van der Waals surface area contributed by atoms with Crippen molar-refractivity contribution in [2.45, 2.75) is 96.3 Å². The summed E-state index contributed by atoms with van der Waals surface area (Å²) in [5, 5.41) is 2.74. The van der Waals surface area contributed by atoms with Gasteiger partial charge in [-0.1, -0.05) is 159 Å². The molecule has 0 fully saturated rings. The molecular formula is C54H48N2. The number of nitrogens with zero attached hydrogens (tertiary/aromatic N) is 2. The molecule has 1 atom stereocenters. The van der Waals surface area contributed by atoms with E-state index in [2.05, 4.69) is 168 Å². The molecule has 2 heteroatoms. The lowest BCUT2D eigenvalue weighted by molar-refractivity contribution is 0.562. The largest absolute Gasteiger partial charge is 0.312 e. The Balaban J connectivity index is 1.02. The molecule has 0 amide bonds. The second-order valence-electron chi connectivity index (χ2n) is 19.9. The van der Waals surface area contributed by atoms with Crippen LogP contribution in [0.2, 0.25) is 0 Å². The van der Waals surface area contributed by atoms with E-state index in [0.29, 0.717) is 5.92 Å². The van der Waals surface area contributed by atoms with Crippen molar-refractivity contribution in [1.29, 1.82) is 0 Å². The number of anilines is 1. The standard InChI is InChI=1S/C54H48N2/c1-51(2)37-17-9-13-33-35-15-11-19-39-47(35)55(45(33)37)49-41(51)27-25-31(43(49)53(39,5)6)29-21-23-30(24-22-29)32-26-28-42-50-44(32)54(7,8)40-20-12-16-36-34-14-10-18-38(52(42,3)4)46(34)56(50)48(36)40/h9,11-13,15,17-28,36H,10,14,16H2,1-8H3. The Bertz CT molecular complexity index is 3010. The first-order valence-electron chi connectivity index (χ1n) is 21.0. The normalized spacial score (nSPS) is 22.7. The van der Waals surface area contributed by atoms with Gasteiger partial charge in [-0.25, -0.2) is 0 Å². The van der Waals surface area contributed by atoms with E-state index in [1.165, 1.54) is 107 Å². The number of allylic oxidation sites excluding steroid dienone is 6. The zero-order valence-corrected chi connectivity index (χ0v) is 33.9. The smallest absolute Gasteiger partial charge is 0.0582 e. The van der Waals surface area contributed by atoms with E-state index in [1.807, 2.05) is 0 Å². The number of para-hydroxylation sites is 2. The molecule has 0 spiro atoms. The van der Waals surface area contributed by atoms with E-state index in [-0.39, 0.29) is 21.7 Å². The average Bonchev–Trinajstić information content (AvgIpc) is 3.72. The summed E-state index contributed by atoms with van der Waals surface area (Å²) in [5.41, 5.74) is 27.0. The minimum atomic E-state index is -0.178. The summed E-state index contributed by atoms with van der Waals surface area (Å²) in [6.45, 7) is 19.7. The van der Waals surface area contributed by atoms with Crippen LogP contribution in [-0.4, -0.2) is 4.57 Å². The topological polar surface area (TPSA) is 8.17 Å². The molecule has 274 valence electrons. The highest BCUT2D eigenvalue weighted by molar-refractivity contribution is 6.14. The van der Waals surface area contributed by atoms with Gasteiger partial charge in [0.2, 0.25) is 0 Å². The van der Waals surface area contributed by atoms with Crippen LogP contribution in [0.4, 0.5) is 5.69 Å². The predicted octanol–water partition coefficient (Wildman–Crippen LogP) is 13.6. The van der Waals surface area contributed by atoms with Crippen LogP contribution in [0.25, 0.3) is 49.7 Å². The fourth-order valence-corrected chi connectivity index (χ4v) is 13.2. The molecule has 6 heterocycles. The molecule has 1 unspecified atom stereocenters. The molecule has 5 aliphatic heterocycles. The molecule has 7 aliphatic rings. The van der Waals surface area contributed by atoms with E-state index in [4.69, 9.17) is 0 Å². The molecule has 2 nitrogen and oxygen atoms in total. The zero-order chi connectivity index (χ0) is 38.0. The summed E-state index contributed by atoms with van der Waals surface area (Å²) in [7, 11) is 0. The Morgan fingerprint density at radius 2 is 1.16 bits per heavy atom. The number of aromatic nitrogens is 1. The monoisotopic (exact) mass is 724 g/mol. The van der Waals surface area contributed by atoms with Gasteiger partial charge in [0.1, 0.15) is 0 Å². The average molecular weight is 725 g/mol. The SMILES string of the molecule is CC1(C)C2=CCCC3=C2N2C4=C(C=CCC34)C(C)(C)c3c(-c4ccc(-c5ccc6c7c5C(C)(C)c5cccc8c9cccc(c9n-7c58)C6(C)C)cc4)ccc1c32. The molecule has 5 aromatic carbocycles. The molecule has 0 saturated heterocycles. The second-order valence-corrected chi connectivity index (χ2v) is 19.9. The summed E-state index contributed by atoms with van der Waals surface area (Å²) in [4.78, 5) is 2.76. The molecule has 2 aliphatic carbocycles. The number of hydrogen-bond acceptors (Lipinski definition) is 1. The minimum Gasteiger partial charge on any atom is -0.312 e. The van der Waals surface area contributed by atoms with Crippen LogP contribution in [-0.2, 0) is 21.7 Å². The number of benzene rings is 5. The van der Waals surface area contributed by atoms with Crippen molar-refractivity contribution in [2.24, 2.45) is 5.92 Å². The third kappa shape index (κ3) is 3.31. The van der Waals surface area contributed by atoms with Gasteiger partial charge in [-0.05, 0) is 91.6 Å².